The summed E-state index contributed by atoms with van der Waals surface area (Å²) in [7, 11) is 0. The summed E-state index contributed by atoms with van der Waals surface area (Å²) in [5.74, 6) is -3.97. The van der Waals surface area contributed by atoms with Crippen LogP contribution in [0.25, 0.3) is 0 Å². The van der Waals surface area contributed by atoms with Crippen molar-refractivity contribution in [2.45, 2.75) is 0 Å². The fourth-order valence-electron chi connectivity index (χ4n) is 1.76. The summed E-state index contributed by atoms with van der Waals surface area (Å²) in [5.41, 5.74) is 3.80. The van der Waals surface area contributed by atoms with Crippen LogP contribution in [0.4, 0.5) is 0 Å². The maximum Gasteiger partial charge on any atom is 2.00 e. The van der Waals surface area contributed by atoms with Crippen molar-refractivity contribution in [3.63, 3.8) is 0 Å². The van der Waals surface area contributed by atoms with E-state index in [1.54, 1.807) is 12.1 Å². The van der Waals surface area contributed by atoms with Crippen LogP contribution in [0.3, 0.4) is 0 Å². The molecule has 164 valence electrons. The van der Waals surface area contributed by atoms with Gasteiger partial charge in [0.2, 0.25) is 0 Å². The van der Waals surface area contributed by atoms with Crippen LogP contribution >= 0.6 is 0 Å². The van der Waals surface area contributed by atoms with Crippen molar-refractivity contribution < 1.29 is 29.7 Å². The molecule has 33 heavy (non-hydrogen) atoms. The van der Waals surface area contributed by atoms with Crippen LogP contribution in [0.1, 0.15) is 11.1 Å². The van der Waals surface area contributed by atoms with Crippen molar-refractivity contribution in [1.29, 1.82) is 0 Å². The van der Waals surface area contributed by atoms with E-state index in [1.807, 2.05) is 48.5 Å². The predicted octanol–water partition coefficient (Wildman–Crippen LogP) is -0.518. The minimum absolute atomic E-state index is 0. The molecule has 2 aromatic rings. The third-order valence-electron chi connectivity index (χ3n) is 3.09. The number of hydrogen-bond acceptors (Lipinski definition) is 8. The standard InChI is InChI=1S/2C11H10N2O3.Mg/c2*14-10(6-7-11(15)16)13-12-8-9-4-2-1-3-5-9;/h2*1-8H,(H,13,14)(H,15,16);/q;;+2/p-2/b2*7-6-,12-8-;. The molecule has 10 nitrogen and oxygen atoms in total. The van der Waals surface area contributed by atoms with E-state index in [2.05, 4.69) is 20.7 Å². The summed E-state index contributed by atoms with van der Waals surface area (Å²) in [4.78, 5) is 31.0. The van der Waals surface area contributed by atoms with E-state index in [9.17, 15) is 24.6 Å². The zero-order chi connectivity index (χ0) is 23.6. The van der Waals surface area contributed by atoms with Gasteiger partial charge in [-0.15, -0.1) is 0 Å². The Balaban J connectivity index is 0.000000602. The first-order valence-electron chi connectivity index (χ1n) is 8.88. The van der Waals surface area contributed by atoms with Gasteiger partial charge in [-0.2, -0.15) is 15.3 Å². The van der Waals surface area contributed by atoms with Crippen LogP contribution in [0.5, 0.6) is 0 Å². The van der Waals surface area contributed by atoms with Gasteiger partial charge in [0, 0.05) is 18.0 Å². The van der Waals surface area contributed by atoms with E-state index in [0.29, 0.717) is 6.08 Å². The third kappa shape index (κ3) is 16.3. The van der Waals surface area contributed by atoms with Crippen molar-refractivity contribution in [2.24, 2.45) is 15.3 Å². The maximum absolute atomic E-state index is 11.0. The predicted molar refractivity (Wildman–Crippen MR) is 120 cm³/mol. The molecule has 0 aromatic heterocycles. The number of carbonyl (C=O) groups excluding carboxylic acids is 2. The molecule has 0 saturated heterocycles. The summed E-state index contributed by atoms with van der Waals surface area (Å²) < 4.78 is 0. The first-order valence-corrected chi connectivity index (χ1v) is 8.88. The van der Waals surface area contributed by atoms with Gasteiger partial charge in [-0.1, -0.05) is 60.7 Å². The SMILES string of the molecule is O=C(O)/C=C\C(=O)N/N=C\c1ccccc1.O=C([O-])\C=C/C([O-])=N\N=C/c1ccccc1.[Mg+2]. The smallest absolute Gasteiger partial charge is 0.857 e. The molecular formula is C22H18MgN4O6. The maximum atomic E-state index is 11.0. The van der Waals surface area contributed by atoms with Crippen molar-refractivity contribution in [3.05, 3.63) is 96.1 Å². The second-order valence-electron chi connectivity index (χ2n) is 5.56. The molecule has 0 bridgehead atoms. The molecule has 1 amide bonds. The van der Waals surface area contributed by atoms with Crippen molar-refractivity contribution in [1.82, 2.24) is 5.43 Å². The van der Waals surface area contributed by atoms with E-state index in [4.69, 9.17) is 5.11 Å². The summed E-state index contributed by atoms with van der Waals surface area (Å²) in [6.45, 7) is 0. The summed E-state index contributed by atoms with van der Waals surface area (Å²) in [6, 6.07) is 18.3. The fraction of sp³-hybridized carbons (Fsp3) is 0. The first-order chi connectivity index (χ1) is 15.4. The van der Waals surface area contributed by atoms with Gasteiger partial charge in [0.15, 0.2) is 0 Å². The van der Waals surface area contributed by atoms with E-state index in [1.165, 1.54) is 12.4 Å². The normalized spacial score (nSPS) is 11.2. The number of carboxylic acids is 2. The largest absolute Gasteiger partial charge is 2.00 e. The fourth-order valence-corrected chi connectivity index (χ4v) is 1.76. The molecule has 0 aliphatic carbocycles. The quantitative estimate of drug-likeness (QED) is 0.177. The topological polar surface area (TPSA) is 167 Å². The number of nitrogens with one attached hydrogen (secondary N) is 1. The molecule has 0 radical (unpaired) electrons. The van der Waals surface area contributed by atoms with Crippen molar-refractivity contribution in [3.8, 4) is 0 Å². The minimum atomic E-state index is -1.45. The van der Waals surface area contributed by atoms with Gasteiger partial charge in [-0.25, -0.2) is 10.2 Å². The van der Waals surface area contributed by atoms with E-state index >= 15 is 0 Å². The molecule has 0 aliphatic rings. The Morgan fingerprint density at radius 1 is 0.788 bits per heavy atom. The molecule has 0 spiro atoms. The zero-order valence-electron chi connectivity index (χ0n) is 17.3. The number of benzene rings is 2. The number of hydrazone groups is 1. The number of carbonyl (C=O) groups is 3. The third-order valence-corrected chi connectivity index (χ3v) is 3.09. The molecule has 2 N–H and O–H groups in total. The van der Waals surface area contributed by atoms with Gasteiger partial charge in [-0.3, -0.25) is 4.79 Å². The molecule has 0 unspecified atom stereocenters. The molecule has 0 atom stereocenters. The zero-order valence-corrected chi connectivity index (χ0v) is 18.7. The Labute approximate surface area is 205 Å². The number of carboxylic acid groups (broad SMARTS) is 2. The average molecular weight is 459 g/mol. The van der Waals surface area contributed by atoms with Gasteiger partial charge < -0.3 is 20.1 Å². The minimum Gasteiger partial charge on any atom is -0.857 e. The molecular weight excluding hydrogens is 441 g/mol. The summed E-state index contributed by atoms with van der Waals surface area (Å²) in [5, 5.41) is 39.5. The van der Waals surface area contributed by atoms with Crippen molar-refractivity contribution >= 4 is 59.2 Å². The van der Waals surface area contributed by atoms with Crippen LogP contribution in [0, 0.1) is 0 Å². The van der Waals surface area contributed by atoms with Crippen LogP contribution < -0.4 is 15.6 Å². The van der Waals surface area contributed by atoms with Gasteiger partial charge in [0.1, 0.15) is 0 Å². The number of aliphatic carboxylic acids is 2. The molecule has 2 aromatic carbocycles. The molecule has 0 aliphatic heterocycles. The Hall–Kier alpha value is -4.09. The molecule has 2 rings (SSSR count). The van der Waals surface area contributed by atoms with Gasteiger partial charge >= 0.3 is 29.0 Å². The van der Waals surface area contributed by atoms with E-state index in [0.717, 1.165) is 29.4 Å². The molecule has 0 heterocycles. The second-order valence-corrected chi connectivity index (χ2v) is 5.56. The average Bonchev–Trinajstić information content (AvgIpc) is 2.78. The summed E-state index contributed by atoms with van der Waals surface area (Å²) >= 11 is 0. The number of nitrogens with zero attached hydrogens (tertiary/aromatic N) is 3. The van der Waals surface area contributed by atoms with E-state index < -0.39 is 23.7 Å². The Bertz CT molecular complexity index is 1040. The molecule has 0 fully saturated rings. The Kier molecular flexibility index (Phi) is 15.4. The van der Waals surface area contributed by atoms with Crippen LogP contribution in [-0.4, -0.2) is 64.3 Å². The van der Waals surface area contributed by atoms with Crippen molar-refractivity contribution in [2.75, 3.05) is 0 Å². The number of amides is 1. The second kappa shape index (κ2) is 17.6. The van der Waals surface area contributed by atoms with Crippen LogP contribution in [0.15, 0.2) is 100 Å². The number of rotatable bonds is 8. The van der Waals surface area contributed by atoms with Crippen LogP contribution in [0.2, 0.25) is 0 Å². The molecule has 11 heteroatoms. The Morgan fingerprint density at radius 3 is 1.85 bits per heavy atom. The Morgan fingerprint density at radius 2 is 1.33 bits per heavy atom. The van der Waals surface area contributed by atoms with Gasteiger partial charge in [-0.05, 0) is 23.3 Å². The monoisotopic (exact) mass is 458 g/mol. The van der Waals surface area contributed by atoms with Gasteiger partial charge in [0.05, 0.1) is 18.4 Å². The van der Waals surface area contributed by atoms with E-state index in [-0.39, 0.29) is 23.1 Å². The number of hydrogen-bond donors (Lipinski definition) is 2. The molecule has 0 saturated carbocycles. The first kappa shape index (κ1) is 28.9. The summed E-state index contributed by atoms with van der Waals surface area (Å²) in [6.07, 6.45) is 5.87. The van der Waals surface area contributed by atoms with Crippen LogP contribution in [-0.2, 0) is 14.4 Å². The van der Waals surface area contributed by atoms with Gasteiger partial charge in [0.25, 0.3) is 5.91 Å².